The first-order valence-corrected chi connectivity index (χ1v) is 27.4. The molecule has 6 nitrogen and oxygen atoms in total. The van der Waals surface area contributed by atoms with Crippen molar-refractivity contribution in [1.82, 2.24) is 5.32 Å². The number of rotatable bonds is 51. The molecule has 2 unspecified atom stereocenters. The van der Waals surface area contributed by atoms with Crippen LogP contribution in [0.2, 0.25) is 0 Å². The first kappa shape index (κ1) is 59.6. The molecule has 0 aliphatic rings. The number of ether oxygens (including phenoxy) is 1. The average molecular weight is 862 g/mol. The van der Waals surface area contributed by atoms with E-state index >= 15 is 0 Å². The summed E-state index contributed by atoms with van der Waals surface area (Å²) in [5.74, 6) is -0.0395. The third-order valence-electron chi connectivity index (χ3n) is 12.8. The average Bonchev–Trinajstić information content (AvgIpc) is 3.26. The molecule has 2 atom stereocenters. The number of allylic oxidation sites excluding steroid dienone is 2. The minimum Gasteiger partial charge on any atom is -0.466 e. The van der Waals surface area contributed by atoms with E-state index in [1.165, 1.54) is 225 Å². The van der Waals surface area contributed by atoms with Crippen molar-refractivity contribution in [3.8, 4) is 0 Å². The Morgan fingerprint density at radius 2 is 0.770 bits per heavy atom. The number of aliphatic hydroxyl groups excluding tert-OH is 2. The second-order valence-electron chi connectivity index (χ2n) is 18.9. The summed E-state index contributed by atoms with van der Waals surface area (Å²) in [6, 6.07) is -0.542. The summed E-state index contributed by atoms with van der Waals surface area (Å²) in [5.41, 5.74) is 0. The van der Waals surface area contributed by atoms with Gasteiger partial charge in [-0.1, -0.05) is 251 Å². The van der Waals surface area contributed by atoms with E-state index in [4.69, 9.17) is 4.74 Å². The Hall–Kier alpha value is -1.40. The summed E-state index contributed by atoms with van der Waals surface area (Å²) < 4.78 is 5.48. The van der Waals surface area contributed by atoms with Crippen LogP contribution in [0.25, 0.3) is 0 Å². The molecule has 0 heterocycles. The van der Waals surface area contributed by atoms with Crippen LogP contribution in [-0.2, 0) is 14.3 Å². The van der Waals surface area contributed by atoms with E-state index in [-0.39, 0.29) is 18.5 Å². The van der Waals surface area contributed by atoms with Crippen LogP contribution in [0.5, 0.6) is 0 Å². The lowest BCUT2D eigenvalue weighted by Crippen LogP contribution is -2.45. The summed E-state index contributed by atoms with van der Waals surface area (Å²) in [6.07, 6.45) is 59.1. The van der Waals surface area contributed by atoms with Crippen LogP contribution in [0.15, 0.2) is 12.2 Å². The van der Waals surface area contributed by atoms with Gasteiger partial charge in [-0.25, -0.2) is 0 Å². The summed E-state index contributed by atoms with van der Waals surface area (Å²) in [7, 11) is 0. The Morgan fingerprint density at radius 3 is 1.16 bits per heavy atom. The van der Waals surface area contributed by atoms with E-state index in [1.807, 2.05) is 0 Å². The lowest BCUT2D eigenvalue weighted by Gasteiger charge is -2.22. The van der Waals surface area contributed by atoms with Crippen molar-refractivity contribution in [2.45, 2.75) is 315 Å². The van der Waals surface area contributed by atoms with E-state index in [2.05, 4.69) is 31.3 Å². The van der Waals surface area contributed by atoms with Gasteiger partial charge in [0, 0.05) is 12.8 Å². The standard InChI is InChI=1S/C55H107NO5/c1-3-5-7-9-11-13-14-15-16-17-20-23-26-29-33-37-41-45-49-55(60)61-50-46-42-38-34-30-27-24-21-18-19-22-25-28-32-36-40-44-48-54(59)56-52(51-57)53(58)47-43-39-35-31-12-10-8-6-4-2/h16-17,52-53,57-58H,3-15,18-51H2,1-2H3,(H,56,59)/b17-16-. The van der Waals surface area contributed by atoms with Gasteiger partial charge in [-0.2, -0.15) is 0 Å². The summed E-state index contributed by atoms with van der Waals surface area (Å²) in [4.78, 5) is 24.5. The number of nitrogens with one attached hydrogen (secondary N) is 1. The quantitative estimate of drug-likeness (QED) is 0.0322. The van der Waals surface area contributed by atoms with Crippen LogP contribution in [0.1, 0.15) is 303 Å². The molecular weight excluding hydrogens is 755 g/mol. The zero-order valence-corrected chi connectivity index (χ0v) is 41.2. The normalized spacial score (nSPS) is 12.7. The molecule has 1 amide bonds. The van der Waals surface area contributed by atoms with E-state index in [1.54, 1.807) is 0 Å². The van der Waals surface area contributed by atoms with E-state index in [0.29, 0.717) is 25.9 Å². The van der Waals surface area contributed by atoms with Gasteiger partial charge < -0.3 is 20.3 Å². The van der Waals surface area contributed by atoms with Crippen LogP contribution < -0.4 is 5.32 Å². The van der Waals surface area contributed by atoms with Gasteiger partial charge in [-0.3, -0.25) is 9.59 Å². The fraction of sp³-hybridized carbons (Fsp3) is 0.927. The first-order chi connectivity index (χ1) is 30.0. The van der Waals surface area contributed by atoms with Gasteiger partial charge in [-0.05, 0) is 51.4 Å². The lowest BCUT2D eigenvalue weighted by molar-refractivity contribution is -0.143. The number of esters is 1. The van der Waals surface area contributed by atoms with Crippen molar-refractivity contribution in [1.29, 1.82) is 0 Å². The first-order valence-electron chi connectivity index (χ1n) is 27.4. The van der Waals surface area contributed by atoms with Crippen LogP contribution in [0, 0.1) is 0 Å². The lowest BCUT2D eigenvalue weighted by atomic mass is 10.0. The van der Waals surface area contributed by atoms with Gasteiger partial charge in [0.2, 0.25) is 5.91 Å². The zero-order valence-electron chi connectivity index (χ0n) is 41.2. The van der Waals surface area contributed by atoms with Gasteiger partial charge in [0.15, 0.2) is 0 Å². The number of hydrogen-bond acceptors (Lipinski definition) is 5. The van der Waals surface area contributed by atoms with Crippen LogP contribution in [0.4, 0.5) is 0 Å². The molecule has 0 rings (SSSR count). The highest BCUT2D eigenvalue weighted by Gasteiger charge is 2.20. The molecular formula is C55H107NO5. The fourth-order valence-electron chi connectivity index (χ4n) is 8.58. The maximum absolute atomic E-state index is 12.4. The van der Waals surface area contributed by atoms with Gasteiger partial charge in [0.05, 0.1) is 25.4 Å². The van der Waals surface area contributed by atoms with Gasteiger partial charge in [0.25, 0.3) is 0 Å². The SMILES string of the molecule is CCCCCCCCC/C=C\CCCCCCCCCC(=O)OCCCCCCCCCCCCCCCCCCCC(=O)NC(CO)C(O)CCCCCCCCCCC. The summed E-state index contributed by atoms with van der Waals surface area (Å²) in [5, 5.41) is 23.1. The molecule has 0 aromatic carbocycles. The van der Waals surface area contributed by atoms with Crippen molar-refractivity contribution in [2.75, 3.05) is 13.2 Å². The van der Waals surface area contributed by atoms with Crippen molar-refractivity contribution in [3.63, 3.8) is 0 Å². The van der Waals surface area contributed by atoms with Gasteiger partial charge >= 0.3 is 5.97 Å². The summed E-state index contributed by atoms with van der Waals surface area (Å²) in [6.45, 7) is 4.93. The van der Waals surface area contributed by atoms with Crippen molar-refractivity contribution < 1.29 is 24.5 Å². The second kappa shape index (κ2) is 51.2. The minimum absolute atomic E-state index is 0.00256. The minimum atomic E-state index is -0.665. The van der Waals surface area contributed by atoms with E-state index in [0.717, 1.165) is 44.9 Å². The predicted molar refractivity (Wildman–Crippen MR) is 264 cm³/mol. The Balaban J connectivity index is 3.37. The Labute approximate surface area is 380 Å². The van der Waals surface area contributed by atoms with Crippen LogP contribution in [-0.4, -0.2) is 47.4 Å². The molecule has 0 aliphatic heterocycles. The molecule has 0 saturated heterocycles. The molecule has 0 saturated carbocycles. The smallest absolute Gasteiger partial charge is 0.305 e. The van der Waals surface area contributed by atoms with Gasteiger partial charge in [0.1, 0.15) is 0 Å². The molecule has 0 aromatic rings. The number of aliphatic hydroxyl groups is 2. The molecule has 61 heavy (non-hydrogen) atoms. The largest absolute Gasteiger partial charge is 0.466 e. The monoisotopic (exact) mass is 862 g/mol. The van der Waals surface area contributed by atoms with Crippen LogP contribution >= 0.6 is 0 Å². The second-order valence-corrected chi connectivity index (χ2v) is 18.9. The molecule has 6 heteroatoms. The van der Waals surface area contributed by atoms with Crippen molar-refractivity contribution in [3.05, 3.63) is 12.2 Å². The zero-order chi connectivity index (χ0) is 44.4. The fourth-order valence-corrected chi connectivity index (χ4v) is 8.58. The topological polar surface area (TPSA) is 95.9 Å². The van der Waals surface area contributed by atoms with Crippen molar-refractivity contribution in [2.24, 2.45) is 0 Å². The molecule has 0 aromatic heterocycles. The molecule has 362 valence electrons. The third-order valence-corrected chi connectivity index (χ3v) is 12.8. The molecule has 0 bridgehead atoms. The maximum Gasteiger partial charge on any atom is 0.305 e. The Bertz CT molecular complexity index is 909. The number of carbonyl (C=O) groups excluding carboxylic acids is 2. The number of amides is 1. The third kappa shape index (κ3) is 47.9. The highest BCUT2D eigenvalue weighted by molar-refractivity contribution is 5.76. The molecule has 0 aliphatic carbocycles. The Kier molecular flexibility index (Phi) is 50.1. The summed E-state index contributed by atoms with van der Waals surface area (Å²) >= 11 is 0. The molecule has 0 fully saturated rings. The van der Waals surface area contributed by atoms with Crippen molar-refractivity contribution >= 4 is 11.9 Å². The van der Waals surface area contributed by atoms with Crippen LogP contribution in [0.3, 0.4) is 0 Å². The predicted octanol–water partition coefficient (Wildman–Crippen LogP) is 16.5. The number of carbonyl (C=O) groups is 2. The van der Waals surface area contributed by atoms with E-state index in [9.17, 15) is 19.8 Å². The molecule has 3 N–H and O–H groups in total. The number of hydrogen-bond donors (Lipinski definition) is 3. The molecule has 0 radical (unpaired) electrons. The Morgan fingerprint density at radius 1 is 0.443 bits per heavy atom. The number of unbranched alkanes of at least 4 members (excludes halogenated alkanes) is 38. The highest BCUT2D eigenvalue weighted by Crippen LogP contribution is 2.17. The van der Waals surface area contributed by atoms with Gasteiger partial charge in [-0.15, -0.1) is 0 Å². The maximum atomic E-state index is 12.4. The molecule has 0 spiro atoms. The van der Waals surface area contributed by atoms with E-state index < -0.39 is 12.1 Å². The highest BCUT2D eigenvalue weighted by atomic mass is 16.5.